The zero-order valence-corrected chi connectivity index (χ0v) is 12.5. The summed E-state index contributed by atoms with van der Waals surface area (Å²) in [4.78, 5) is 0. The highest BCUT2D eigenvalue weighted by molar-refractivity contribution is 9.08. The molecule has 0 N–H and O–H groups in total. The lowest BCUT2D eigenvalue weighted by Crippen LogP contribution is -1.92. The van der Waals surface area contributed by atoms with E-state index in [9.17, 15) is 0 Å². The fourth-order valence-electron chi connectivity index (χ4n) is 1.85. The Morgan fingerprint density at radius 3 is 2.28 bits per heavy atom. The zero-order valence-electron chi connectivity index (χ0n) is 11.0. The van der Waals surface area contributed by atoms with Gasteiger partial charge in [-0.15, -0.1) is 0 Å². The van der Waals surface area contributed by atoms with Gasteiger partial charge < -0.3 is 4.74 Å². The van der Waals surface area contributed by atoms with Crippen molar-refractivity contribution in [2.24, 2.45) is 0 Å². The zero-order chi connectivity index (χ0) is 13.1. The van der Waals surface area contributed by atoms with E-state index in [1.807, 2.05) is 6.07 Å². The van der Waals surface area contributed by atoms with Crippen molar-refractivity contribution >= 4 is 15.9 Å². The lowest BCUT2D eigenvalue weighted by molar-refractivity contribution is 0.474. The van der Waals surface area contributed by atoms with Crippen LogP contribution >= 0.6 is 15.9 Å². The predicted molar refractivity (Wildman–Crippen MR) is 79.8 cm³/mol. The predicted octanol–water partition coefficient (Wildman–Crippen LogP) is 5.30. The highest BCUT2D eigenvalue weighted by Gasteiger charge is 2.06. The molecule has 0 unspecified atom stereocenters. The molecule has 0 radical (unpaired) electrons. The molecular weight excluding hydrogens is 288 g/mol. The molecule has 0 heterocycles. The van der Waals surface area contributed by atoms with Crippen molar-refractivity contribution in [1.29, 1.82) is 0 Å². The van der Waals surface area contributed by atoms with E-state index in [0.717, 1.165) is 22.4 Å². The second-order valence-corrected chi connectivity index (χ2v) is 5.18. The summed E-state index contributed by atoms with van der Waals surface area (Å²) in [5, 5.41) is 0.800. The van der Waals surface area contributed by atoms with Crippen molar-refractivity contribution in [3.05, 3.63) is 58.7 Å². The molecule has 18 heavy (non-hydrogen) atoms. The van der Waals surface area contributed by atoms with Crippen LogP contribution in [0.3, 0.4) is 0 Å². The molecule has 2 rings (SSSR count). The van der Waals surface area contributed by atoms with Crippen LogP contribution in [-0.4, -0.2) is 0 Å². The topological polar surface area (TPSA) is 9.23 Å². The van der Waals surface area contributed by atoms with E-state index in [4.69, 9.17) is 4.74 Å². The monoisotopic (exact) mass is 304 g/mol. The van der Waals surface area contributed by atoms with Gasteiger partial charge in [0.1, 0.15) is 11.5 Å². The number of ether oxygens (including phenoxy) is 1. The standard InChI is InChI=1S/C16H17BrO/c1-11-5-7-15(14(8-11)10-17)18-16-9-12(2)4-6-13(16)3/h4-9H,10H2,1-3H3. The van der Waals surface area contributed by atoms with Gasteiger partial charge in [0.05, 0.1) is 0 Å². The minimum atomic E-state index is 0.800. The van der Waals surface area contributed by atoms with E-state index in [1.54, 1.807) is 0 Å². The summed E-state index contributed by atoms with van der Waals surface area (Å²) in [6, 6.07) is 12.5. The van der Waals surface area contributed by atoms with E-state index in [2.05, 4.69) is 67.0 Å². The second-order valence-electron chi connectivity index (χ2n) is 4.62. The molecule has 0 aromatic heterocycles. The molecule has 0 aliphatic heterocycles. The number of aryl methyl sites for hydroxylation is 3. The number of halogens is 1. The van der Waals surface area contributed by atoms with Crippen LogP contribution in [0.2, 0.25) is 0 Å². The van der Waals surface area contributed by atoms with Crippen LogP contribution in [0.25, 0.3) is 0 Å². The molecule has 0 aliphatic rings. The largest absolute Gasteiger partial charge is 0.457 e. The number of alkyl halides is 1. The Labute approximate surface area is 117 Å². The minimum Gasteiger partial charge on any atom is -0.457 e. The maximum atomic E-state index is 6.04. The molecule has 0 amide bonds. The van der Waals surface area contributed by atoms with Crippen molar-refractivity contribution in [3.8, 4) is 11.5 Å². The van der Waals surface area contributed by atoms with Gasteiger partial charge in [-0.2, -0.15) is 0 Å². The van der Waals surface area contributed by atoms with Gasteiger partial charge in [0.15, 0.2) is 0 Å². The molecular formula is C16H17BrO. The maximum absolute atomic E-state index is 6.04. The van der Waals surface area contributed by atoms with Crippen LogP contribution < -0.4 is 4.74 Å². The highest BCUT2D eigenvalue weighted by atomic mass is 79.9. The van der Waals surface area contributed by atoms with Crippen LogP contribution in [0.4, 0.5) is 0 Å². The fourth-order valence-corrected chi connectivity index (χ4v) is 2.29. The fraction of sp³-hybridized carbons (Fsp3) is 0.250. The van der Waals surface area contributed by atoms with Crippen molar-refractivity contribution < 1.29 is 4.74 Å². The van der Waals surface area contributed by atoms with Gasteiger partial charge in [-0.05, 0) is 44.0 Å². The summed E-state index contributed by atoms with van der Waals surface area (Å²) in [6.07, 6.45) is 0. The van der Waals surface area contributed by atoms with E-state index in [-0.39, 0.29) is 0 Å². The SMILES string of the molecule is Cc1ccc(Oc2cc(C)ccc2C)c(CBr)c1. The molecule has 0 saturated heterocycles. The molecule has 2 heteroatoms. The third-order valence-corrected chi connectivity index (χ3v) is 3.53. The van der Waals surface area contributed by atoms with Gasteiger partial charge in [0.25, 0.3) is 0 Å². The van der Waals surface area contributed by atoms with Gasteiger partial charge in [-0.25, -0.2) is 0 Å². The molecule has 0 saturated carbocycles. The summed E-state index contributed by atoms with van der Waals surface area (Å²) in [5.41, 5.74) is 4.79. The van der Waals surface area contributed by atoms with Gasteiger partial charge in [-0.1, -0.05) is 45.8 Å². The first-order valence-corrected chi connectivity index (χ1v) is 7.13. The summed E-state index contributed by atoms with van der Waals surface area (Å²) in [5.74, 6) is 1.85. The third-order valence-electron chi connectivity index (χ3n) is 2.92. The van der Waals surface area contributed by atoms with Crippen LogP contribution in [0.5, 0.6) is 11.5 Å². The van der Waals surface area contributed by atoms with Crippen molar-refractivity contribution in [2.45, 2.75) is 26.1 Å². The lowest BCUT2D eigenvalue weighted by Gasteiger charge is -2.13. The number of hydrogen-bond donors (Lipinski definition) is 0. The van der Waals surface area contributed by atoms with Crippen molar-refractivity contribution in [1.82, 2.24) is 0 Å². The summed E-state index contributed by atoms with van der Waals surface area (Å²) in [6.45, 7) is 6.23. The normalized spacial score (nSPS) is 10.4. The average molecular weight is 305 g/mol. The van der Waals surface area contributed by atoms with E-state index in [0.29, 0.717) is 0 Å². The first-order chi connectivity index (χ1) is 8.60. The molecule has 0 aliphatic carbocycles. The van der Waals surface area contributed by atoms with E-state index < -0.39 is 0 Å². The van der Waals surface area contributed by atoms with Crippen LogP contribution in [0, 0.1) is 20.8 Å². The molecule has 0 spiro atoms. The van der Waals surface area contributed by atoms with Crippen LogP contribution in [-0.2, 0) is 5.33 Å². The third kappa shape index (κ3) is 2.94. The summed E-state index contributed by atoms with van der Waals surface area (Å²) >= 11 is 3.51. The lowest BCUT2D eigenvalue weighted by atomic mass is 10.1. The van der Waals surface area contributed by atoms with Gasteiger partial charge >= 0.3 is 0 Å². The van der Waals surface area contributed by atoms with Crippen molar-refractivity contribution in [3.63, 3.8) is 0 Å². The molecule has 94 valence electrons. The first-order valence-electron chi connectivity index (χ1n) is 6.01. The Morgan fingerprint density at radius 2 is 1.56 bits per heavy atom. The van der Waals surface area contributed by atoms with Crippen molar-refractivity contribution in [2.75, 3.05) is 0 Å². The Hall–Kier alpha value is -1.28. The van der Waals surface area contributed by atoms with E-state index in [1.165, 1.54) is 16.7 Å². The second kappa shape index (κ2) is 5.57. The maximum Gasteiger partial charge on any atom is 0.131 e. The number of hydrogen-bond acceptors (Lipinski definition) is 1. The highest BCUT2D eigenvalue weighted by Crippen LogP contribution is 2.30. The smallest absolute Gasteiger partial charge is 0.131 e. The Kier molecular flexibility index (Phi) is 4.07. The average Bonchev–Trinajstić information content (AvgIpc) is 2.36. The van der Waals surface area contributed by atoms with Gasteiger partial charge in [0, 0.05) is 10.9 Å². The summed E-state index contributed by atoms with van der Waals surface area (Å²) < 4.78 is 6.04. The Balaban J connectivity index is 2.36. The van der Waals surface area contributed by atoms with Gasteiger partial charge in [0.2, 0.25) is 0 Å². The molecule has 2 aromatic rings. The van der Waals surface area contributed by atoms with E-state index >= 15 is 0 Å². The summed E-state index contributed by atoms with van der Waals surface area (Å²) in [7, 11) is 0. The number of benzene rings is 2. The molecule has 0 bridgehead atoms. The molecule has 2 aromatic carbocycles. The quantitative estimate of drug-likeness (QED) is 0.699. The van der Waals surface area contributed by atoms with Gasteiger partial charge in [-0.3, -0.25) is 0 Å². The minimum absolute atomic E-state index is 0.800. The molecule has 0 fully saturated rings. The number of rotatable bonds is 3. The Morgan fingerprint density at radius 1 is 0.889 bits per heavy atom. The Bertz CT molecular complexity index is 561. The molecule has 0 atom stereocenters. The first kappa shape index (κ1) is 13.2. The molecule has 1 nitrogen and oxygen atoms in total. The van der Waals surface area contributed by atoms with Crippen LogP contribution in [0.1, 0.15) is 22.3 Å². The van der Waals surface area contributed by atoms with Crippen LogP contribution in [0.15, 0.2) is 36.4 Å².